The summed E-state index contributed by atoms with van der Waals surface area (Å²) in [7, 11) is 0. The fourth-order valence-electron chi connectivity index (χ4n) is 8.19. The molecule has 9 nitrogen and oxygen atoms in total. The Kier molecular flexibility index (Phi) is 9.59. The summed E-state index contributed by atoms with van der Waals surface area (Å²) in [6, 6.07) is 21.3. The first kappa shape index (κ1) is 33.4. The molecule has 1 N–H and O–H groups in total. The van der Waals surface area contributed by atoms with E-state index in [1.54, 1.807) is 17.6 Å². The molecular weight excluding hydrogens is 618 g/mol. The summed E-state index contributed by atoms with van der Waals surface area (Å²) < 4.78 is 19.1. The predicted octanol–water partition coefficient (Wildman–Crippen LogP) is 6.85. The molecule has 1 saturated heterocycles. The van der Waals surface area contributed by atoms with E-state index in [-0.39, 0.29) is 25.4 Å². The minimum Gasteiger partial charge on any atom is -0.468 e. The first-order valence-electron chi connectivity index (χ1n) is 18.0. The van der Waals surface area contributed by atoms with Crippen LogP contribution >= 0.6 is 0 Å². The van der Waals surface area contributed by atoms with Crippen molar-refractivity contribution in [1.29, 1.82) is 0 Å². The van der Waals surface area contributed by atoms with Gasteiger partial charge in [0.05, 0.1) is 35.6 Å². The van der Waals surface area contributed by atoms with Crippen LogP contribution in [0.5, 0.6) is 5.75 Å². The van der Waals surface area contributed by atoms with Crippen molar-refractivity contribution in [3.05, 3.63) is 93.3 Å². The smallest absolute Gasteiger partial charge is 0.343 e. The van der Waals surface area contributed by atoms with E-state index in [1.807, 2.05) is 24.3 Å². The largest absolute Gasteiger partial charge is 0.468 e. The quantitative estimate of drug-likeness (QED) is 0.0828. The monoisotopic (exact) mass is 665 g/mol. The molecule has 3 aliphatic rings. The van der Waals surface area contributed by atoms with Gasteiger partial charge in [0.25, 0.3) is 5.56 Å². The molecule has 49 heavy (non-hydrogen) atoms. The first-order chi connectivity index (χ1) is 23.9. The van der Waals surface area contributed by atoms with Gasteiger partial charge in [-0.3, -0.25) is 9.69 Å². The highest BCUT2D eigenvalue weighted by molar-refractivity contribution is 5.87. The summed E-state index contributed by atoms with van der Waals surface area (Å²) in [5.41, 5.74) is 2.87. The Bertz CT molecular complexity index is 1890. The highest BCUT2D eigenvalue weighted by Crippen LogP contribution is 2.40. The molecule has 258 valence electrons. The molecule has 2 aromatic carbocycles. The third-order valence-corrected chi connectivity index (χ3v) is 10.9. The molecule has 0 saturated carbocycles. The van der Waals surface area contributed by atoms with E-state index in [2.05, 4.69) is 49.1 Å². The average molecular weight is 666 g/mol. The number of carbonyl (C=O) groups is 1. The zero-order chi connectivity index (χ0) is 34.1. The van der Waals surface area contributed by atoms with E-state index in [1.165, 1.54) is 31.2 Å². The van der Waals surface area contributed by atoms with Gasteiger partial charge >= 0.3 is 5.97 Å². The average Bonchev–Trinajstić information content (AvgIpc) is 3.74. The highest BCUT2D eigenvalue weighted by Gasteiger charge is 2.45. The van der Waals surface area contributed by atoms with Gasteiger partial charge in [-0.05, 0) is 74.0 Å². The van der Waals surface area contributed by atoms with Crippen LogP contribution in [0, 0.1) is 5.92 Å². The molecule has 1 fully saturated rings. The number of hydrogen-bond donors (Lipinski definition) is 1. The fourth-order valence-corrected chi connectivity index (χ4v) is 8.19. The molecule has 7 rings (SSSR count). The predicted molar refractivity (Wildman–Crippen MR) is 188 cm³/mol. The van der Waals surface area contributed by atoms with Crippen molar-refractivity contribution in [2.24, 2.45) is 5.92 Å². The van der Waals surface area contributed by atoms with E-state index < -0.39 is 11.6 Å². The Balaban J connectivity index is 1.04. The fraction of sp³-hybridized carbons (Fsp3) is 0.475. The summed E-state index contributed by atoms with van der Waals surface area (Å²) in [6.07, 6.45) is 7.28. The number of pyridine rings is 2. The second-order valence-corrected chi connectivity index (χ2v) is 13.8. The van der Waals surface area contributed by atoms with E-state index in [0.29, 0.717) is 59.4 Å². The van der Waals surface area contributed by atoms with Gasteiger partial charge < -0.3 is 23.9 Å². The van der Waals surface area contributed by atoms with Crippen molar-refractivity contribution >= 4 is 16.9 Å². The third-order valence-electron chi connectivity index (χ3n) is 10.9. The Hall–Kier alpha value is -4.05. The van der Waals surface area contributed by atoms with Crippen LogP contribution in [-0.2, 0) is 33.0 Å². The lowest BCUT2D eigenvalue weighted by atomic mass is 9.85. The zero-order valence-corrected chi connectivity index (χ0v) is 28.8. The number of fused-ring (bicyclic) bond motifs is 5. The van der Waals surface area contributed by atoms with Gasteiger partial charge in [-0.15, -0.1) is 0 Å². The maximum Gasteiger partial charge on any atom is 0.343 e. The molecular formula is C40H47N3O6. The molecule has 0 amide bonds. The minimum absolute atomic E-state index is 0.109. The van der Waals surface area contributed by atoms with Crippen LogP contribution in [0.4, 0.5) is 0 Å². The van der Waals surface area contributed by atoms with Crippen LogP contribution in [-0.4, -0.2) is 51.5 Å². The van der Waals surface area contributed by atoms with Crippen LogP contribution in [0.1, 0.15) is 94.0 Å². The molecule has 9 heteroatoms. The topological polar surface area (TPSA) is 103 Å². The molecule has 5 heterocycles. The summed E-state index contributed by atoms with van der Waals surface area (Å²) in [4.78, 5) is 33.6. The maximum absolute atomic E-state index is 13.5. The lowest BCUT2D eigenvalue weighted by Crippen LogP contribution is -2.44. The number of esters is 1. The van der Waals surface area contributed by atoms with Gasteiger partial charge in [0.15, 0.2) is 12.4 Å². The van der Waals surface area contributed by atoms with Crippen molar-refractivity contribution in [2.75, 3.05) is 19.9 Å². The van der Waals surface area contributed by atoms with Crippen molar-refractivity contribution < 1.29 is 24.1 Å². The molecule has 0 spiro atoms. The number of carbonyl (C=O) groups excluding carboxylic acids is 1. The van der Waals surface area contributed by atoms with Gasteiger partial charge in [0, 0.05) is 28.6 Å². The third kappa shape index (κ3) is 6.17. The van der Waals surface area contributed by atoms with Crippen molar-refractivity contribution in [3.8, 4) is 17.1 Å². The van der Waals surface area contributed by atoms with E-state index in [9.17, 15) is 14.7 Å². The number of benzene rings is 2. The molecule has 4 aromatic rings. The van der Waals surface area contributed by atoms with Gasteiger partial charge in [-0.25, -0.2) is 9.78 Å². The number of rotatable bonds is 13. The Labute approximate surface area is 287 Å². The van der Waals surface area contributed by atoms with Crippen LogP contribution in [0.15, 0.2) is 65.5 Å². The molecule has 0 aliphatic carbocycles. The second kappa shape index (κ2) is 14.1. The second-order valence-electron chi connectivity index (χ2n) is 13.8. The van der Waals surface area contributed by atoms with Gasteiger partial charge in [-0.2, -0.15) is 0 Å². The molecule has 0 bridgehead atoms. The number of cyclic esters (lactones) is 1. The van der Waals surface area contributed by atoms with Gasteiger partial charge in [-0.1, -0.05) is 70.4 Å². The molecule has 4 atom stereocenters. The van der Waals surface area contributed by atoms with E-state index >= 15 is 0 Å². The molecule has 3 unspecified atom stereocenters. The summed E-state index contributed by atoms with van der Waals surface area (Å²) in [6.45, 7) is 8.38. The van der Waals surface area contributed by atoms with E-state index in [0.717, 1.165) is 35.9 Å². The molecule has 2 aromatic heterocycles. The van der Waals surface area contributed by atoms with Gasteiger partial charge in [0.1, 0.15) is 12.4 Å². The van der Waals surface area contributed by atoms with Crippen LogP contribution in [0.3, 0.4) is 0 Å². The van der Waals surface area contributed by atoms with Crippen molar-refractivity contribution in [1.82, 2.24) is 14.5 Å². The number of likely N-dealkylation sites (tertiary alicyclic amines) is 1. The number of nitrogens with zero attached hydrogens (tertiary/aromatic N) is 3. The van der Waals surface area contributed by atoms with Crippen molar-refractivity contribution in [2.45, 2.75) is 96.6 Å². The SMILES string of the molecule is CCCCC(CC)C(c1ccccc1)N1CCCC1COCOc1ccc2nc3c(cc2c1)Cn1c-3cc2c(c1=O)COC(=O)[C@]2(O)CC. The molecule has 3 aliphatic heterocycles. The number of ether oxygens (including phenoxy) is 3. The van der Waals surface area contributed by atoms with Crippen LogP contribution < -0.4 is 10.3 Å². The lowest BCUT2D eigenvalue weighted by Gasteiger charge is -2.38. The Morgan fingerprint density at radius 3 is 2.69 bits per heavy atom. The first-order valence-corrected chi connectivity index (χ1v) is 18.0. The lowest BCUT2D eigenvalue weighted by molar-refractivity contribution is -0.172. The highest BCUT2D eigenvalue weighted by atomic mass is 16.7. The Morgan fingerprint density at radius 2 is 1.92 bits per heavy atom. The zero-order valence-electron chi connectivity index (χ0n) is 28.8. The summed E-state index contributed by atoms with van der Waals surface area (Å²) >= 11 is 0. The standard InChI is InChI=1S/C40H47N3O6/c1-4-7-12-26(5-2)37(27-13-9-8-10-14-27)42-18-11-15-30(42)23-47-25-49-31-16-17-34-28(20-31)19-29-22-43-35(36(29)41-34)21-33-32(38(43)44)24-48-39(45)40(33,46)6-3/h8-10,13-14,16-17,19-21,26,30,37,46H,4-7,11-12,15,18,22-25H2,1-3H3/t26?,30?,37?,40-/m0/s1. The van der Waals surface area contributed by atoms with Crippen LogP contribution in [0.25, 0.3) is 22.3 Å². The number of aromatic nitrogens is 2. The van der Waals surface area contributed by atoms with E-state index in [4.69, 9.17) is 19.2 Å². The van der Waals surface area contributed by atoms with Crippen molar-refractivity contribution in [3.63, 3.8) is 0 Å². The minimum atomic E-state index is -1.84. The summed E-state index contributed by atoms with van der Waals surface area (Å²) in [5, 5.41) is 12.0. The number of hydrogen-bond acceptors (Lipinski definition) is 8. The van der Waals surface area contributed by atoms with Gasteiger partial charge in [0.2, 0.25) is 0 Å². The Morgan fingerprint density at radius 1 is 1.08 bits per heavy atom. The normalized spacial score (nSPS) is 21.2. The molecule has 0 radical (unpaired) electrons. The summed E-state index contributed by atoms with van der Waals surface area (Å²) in [5.74, 6) is 0.580. The maximum atomic E-state index is 13.5. The number of unbranched alkanes of at least 4 members (excludes halogenated alkanes) is 1. The van der Waals surface area contributed by atoms with Crippen LogP contribution in [0.2, 0.25) is 0 Å². The number of aliphatic hydroxyl groups is 1.